The Hall–Kier alpha value is -4.02. The molecule has 4 rings (SSSR count). The summed E-state index contributed by atoms with van der Waals surface area (Å²) in [4.78, 5) is 39.5. The number of ether oxygens (including phenoxy) is 3. The van der Waals surface area contributed by atoms with Crippen molar-refractivity contribution in [3.63, 3.8) is 0 Å². The first kappa shape index (κ1) is 24.1. The summed E-state index contributed by atoms with van der Waals surface area (Å²) >= 11 is 9.49. The van der Waals surface area contributed by atoms with Crippen molar-refractivity contribution < 1.29 is 28.7 Å². The van der Waals surface area contributed by atoms with Gasteiger partial charge in [-0.3, -0.25) is 10.1 Å². The van der Waals surface area contributed by atoms with Crippen LogP contribution in [0.2, 0.25) is 5.02 Å². The predicted octanol–water partition coefficient (Wildman–Crippen LogP) is 5.58. The monoisotopic (exact) mass is 556 g/mol. The van der Waals surface area contributed by atoms with Crippen molar-refractivity contribution in [2.24, 2.45) is 4.99 Å². The number of nitro groups is 1. The van der Waals surface area contributed by atoms with E-state index in [1.165, 1.54) is 31.4 Å². The molecule has 11 heteroatoms. The van der Waals surface area contributed by atoms with Gasteiger partial charge in [0.1, 0.15) is 0 Å². The standard InChI is InChI=1S/C24H14BrClN2O7/c1-33-20-11-13(9-17(25)21(20)34-23(29)14-5-3-2-4-6-14)10-19-24(30)35-22(27-19)16-12-15(28(31)32)7-8-18(16)26/h2-12H,1H3/b19-10-. The summed E-state index contributed by atoms with van der Waals surface area (Å²) < 4.78 is 16.4. The van der Waals surface area contributed by atoms with Crippen molar-refractivity contribution in [1.82, 2.24) is 0 Å². The number of carbonyl (C=O) groups excluding carboxylic acids is 2. The van der Waals surface area contributed by atoms with E-state index in [1.54, 1.807) is 42.5 Å². The molecule has 0 saturated heterocycles. The number of halogens is 2. The largest absolute Gasteiger partial charge is 0.493 e. The molecule has 1 heterocycles. The molecule has 0 atom stereocenters. The molecular weight excluding hydrogens is 544 g/mol. The highest BCUT2D eigenvalue weighted by atomic mass is 79.9. The number of nitrogens with zero attached hydrogens (tertiary/aromatic N) is 2. The van der Waals surface area contributed by atoms with Gasteiger partial charge in [0.2, 0.25) is 5.90 Å². The number of hydrogen-bond acceptors (Lipinski definition) is 8. The number of benzene rings is 3. The van der Waals surface area contributed by atoms with Gasteiger partial charge >= 0.3 is 11.9 Å². The van der Waals surface area contributed by atoms with E-state index in [1.807, 2.05) is 0 Å². The number of methoxy groups -OCH3 is 1. The quantitative estimate of drug-likeness (QED) is 0.128. The van der Waals surface area contributed by atoms with Crippen LogP contribution in [0.4, 0.5) is 5.69 Å². The third-order valence-corrected chi connectivity index (χ3v) is 5.69. The van der Waals surface area contributed by atoms with Crippen molar-refractivity contribution >= 4 is 57.1 Å². The Labute approximate surface area is 211 Å². The summed E-state index contributed by atoms with van der Waals surface area (Å²) in [5.41, 5.74) is 0.665. The molecule has 0 aliphatic carbocycles. The number of esters is 2. The highest BCUT2D eigenvalue weighted by molar-refractivity contribution is 9.10. The Morgan fingerprint density at radius 1 is 1.17 bits per heavy atom. The molecule has 9 nitrogen and oxygen atoms in total. The van der Waals surface area contributed by atoms with E-state index >= 15 is 0 Å². The van der Waals surface area contributed by atoms with Crippen molar-refractivity contribution in [2.45, 2.75) is 0 Å². The zero-order valence-corrected chi connectivity index (χ0v) is 20.2. The van der Waals surface area contributed by atoms with Crippen LogP contribution in [0.5, 0.6) is 11.5 Å². The number of carbonyl (C=O) groups is 2. The molecule has 176 valence electrons. The van der Waals surface area contributed by atoms with E-state index in [4.69, 9.17) is 25.8 Å². The highest BCUT2D eigenvalue weighted by Crippen LogP contribution is 2.38. The van der Waals surface area contributed by atoms with Gasteiger partial charge in [-0.15, -0.1) is 0 Å². The average Bonchev–Trinajstić information content (AvgIpc) is 3.20. The Morgan fingerprint density at radius 2 is 1.91 bits per heavy atom. The zero-order valence-electron chi connectivity index (χ0n) is 17.9. The Kier molecular flexibility index (Phi) is 6.94. The maximum Gasteiger partial charge on any atom is 0.363 e. The van der Waals surface area contributed by atoms with E-state index in [0.29, 0.717) is 15.6 Å². The fourth-order valence-corrected chi connectivity index (χ4v) is 3.86. The molecule has 0 fully saturated rings. The minimum atomic E-state index is -0.766. The molecule has 3 aromatic rings. The summed E-state index contributed by atoms with van der Waals surface area (Å²) in [5.74, 6) is -1.11. The second kappa shape index (κ2) is 10.1. The van der Waals surface area contributed by atoms with E-state index in [0.717, 1.165) is 0 Å². The minimum absolute atomic E-state index is 0.0643. The van der Waals surface area contributed by atoms with Gasteiger partial charge in [0.25, 0.3) is 5.69 Å². The number of rotatable bonds is 6. The lowest BCUT2D eigenvalue weighted by Crippen LogP contribution is -2.09. The van der Waals surface area contributed by atoms with Crippen LogP contribution in [-0.2, 0) is 9.53 Å². The van der Waals surface area contributed by atoms with Crippen molar-refractivity contribution in [3.8, 4) is 11.5 Å². The third kappa shape index (κ3) is 5.23. The number of aliphatic imine (C=N–C) groups is 1. The third-order valence-electron chi connectivity index (χ3n) is 4.77. The first-order valence-corrected chi connectivity index (χ1v) is 11.1. The van der Waals surface area contributed by atoms with Crippen LogP contribution < -0.4 is 9.47 Å². The number of cyclic esters (lactones) is 1. The number of hydrogen-bond donors (Lipinski definition) is 0. The summed E-state index contributed by atoms with van der Waals surface area (Å²) in [6.07, 6.45) is 1.43. The molecular formula is C24H14BrClN2O7. The molecule has 0 radical (unpaired) electrons. The lowest BCUT2D eigenvalue weighted by Gasteiger charge is -2.12. The molecule has 0 aromatic heterocycles. The normalized spacial score (nSPS) is 13.9. The molecule has 0 bridgehead atoms. The molecule has 1 aliphatic heterocycles. The van der Waals surface area contributed by atoms with Crippen LogP contribution in [0.3, 0.4) is 0 Å². The number of nitro benzene ring substituents is 1. The molecule has 0 saturated carbocycles. The van der Waals surface area contributed by atoms with Crippen LogP contribution >= 0.6 is 27.5 Å². The fraction of sp³-hybridized carbons (Fsp3) is 0.0417. The van der Waals surface area contributed by atoms with Crippen molar-refractivity contribution in [2.75, 3.05) is 7.11 Å². The van der Waals surface area contributed by atoms with Crippen LogP contribution in [0.1, 0.15) is 21.5 Å². The van der Waals surface area contributed by atoms with E-state index in [-0.39, 0.29) is 39.4 Å². The summed E-state index contributed by atoms with van der Waals surface area (Å²) in [6.45, 7) is 0. The smallest absolute Gasteiger partial charge is 0.363 e. The summed E-state index contributed by atoms with van der Waals surface area (Å²) in [7, 11) is 1.41. The molecule has 0 unspecified atom stereocenters. The van der Waals surface area contributed by atoms with E-state index in [9.17, 15) is 19.7 Å². The zero-order chi connectivity index (χ0) is 25.1. The van der Waals surface area contributed by atoms with Gasteiger partial charge in [-0.05, 0) is 57.9 Å². The Bertz CT molecular complexity index is 1420. The van der Waals surface area contributed by atoms with Gasteiger partial charge in [-0.25, -0.2) is 14.6 Å². The fourth-order valence-electron chi connectivity index (χ4n) is 3.12. The van der Waals surface area contributed by atoms with Crippen molar-refractivity contribution in [1.29, 1.82) is 0 Å². The van der Waals surface area contributed by atoms with Gasteiger partial charge in [0.15, 0.2) is 17.2 Å². The highest BCUT2D eigenvalue weighted by Gasteiger charge is 2.27. The molecule has 1 aliphatic rings. The van der Waals surface area contributed by atoms with Crippen LogP contribution in [0.15, 0.2) is 75.8 Å². The lowest BCUT2D eigenvalue weighted by molar-refractivity contribution is -0.384. The Balaban J connectivity index is 1.65. The van der Waals surface area contributed by atoms with Gasteiger partial charge in [-0.2, -0.15) is 0 Å². The average molecular weight is 558 g/mol. The SMILES string of the molecule is COc1cc(/C=C2\N=C(c3cc([N+](=O)[O-])ccc3Cl)OC2=O)cc(Br)c1OC(=O)c1ccccc1. The maximum absolute atomic E-state index is 12.5. The molecule has 0 amide bonds. The van der Waals surface area contributed by atoms with Gasteiger partial charge < -0.3 is 14.2 Å². The van der Waals surface area contributed by atoms with Crippen molar-refractivity contribution in [3.05, 3.63) is 103 Å². The molecule has 0 N–H and O–H groups in total. The molecule has 3 aromatic carbocycles. The van der Waals surface area contributed by atoms with E-state index in [2.05, 4.69) is 20.9 Å². The Morgan fingerprint density at radius 3 is 2.60 bits per heavy atom. The lowest BCUT2D eigenvalue weighted by atomic mass is 10.1. The molecule has 35 heavy (non-hydrogen) atoms. The van der Waals surface area contributed by atoms with E-state index < -0.39 is 16.9 Å². The predicted molar refractivity (Wildman–Crippen MR) is 131 cm³/mol. The maximum atomic E-state index is 12.5. The van der Waals surface area contributed by atoms with Crippen LogP contribution in [-0.4, -0.2) is 29.9 Å². The number of non-ortho nitro benzene ring substituents is 1. The summed E-state index contributed by atoms with van der Waals surface area (Å²) in [5, 5.41) is 11.2. The first-order chi connectivity index (χ1) is 16.8. The van der Waals surface area contributed by atoms with Gasteiger partial charge in [-0.1, -0.05) is 29.8 Å². The second-order valence-electron chi connectivity index (χ2n) is 7.05. The van der Waals surface area contributed by atoms with Crippen LogP contribution in [0.25, 0.3) is 6.08 Å². The second-order valence-corrected chi connectivity index (χ2v) is 8.31. The van der Waals surface area contributed by atoms with Crippen LogP contribution in [0, 0.1) is 10.1 Å². The summed E-state index contributed by atoms with van der Waals surface area (Å²) in [6, 6.07) is 15.3. The first-order valence-electron chi connectivity index (χ1n) is 9.88. The topological polar surface area (TPSA) is 117 Å². The van der Waals surface area contributed by atoms with Gasteiger partial charge in [0.05, 0.1) is 32.7 Å². The molecule has 0 spiro atoms. The minimum Gasteiger partial charge on any atom is -0.493 e. The van der Waals surface area contributed by atoms with Gasteiger partial charge in [0, 0.05) is 12.1 Å².